The summed E-state index contributed by atoms with van der Waals surface area (Å²) in [7, 11) is 1.70. The number of benzene rings is 2. The quantitative estimate of drug-likeness (QED) is 0.589. The molecule has 0 atom stereocenters. The van der Waals surface area contributed by atoms with Crippen molar-refractivity contribution >= 4 is 26.5 Å². The molecule has 3 heterocycles. The van der Waals surface area contributed by atoms with Crippen LogP contribution in [0.5, 0.6) is 5.75 Å². The van der Waals surface area contributed by atoms with E-state index in [4.69, 9.17) is 9.72 Å². The summed E-state index contributed by atoms with van der Waals surface area (Å²) in [6, 6.07) is 16.8. The Morgan fingerprint density at radius 3 is 2.63 bits per heavy atom. The number of para-hydroxylation sites is 1. The van der Waals surface area contributed by atoms with Crippen molar-refractivity contribution in [2.24, 2.45) is 0 Å². The molecule has 1 fully saturated rings. The lowest BCUT2D eigenvalue weighted by molar-refractivity contribution is 0.231. The van der Waals surface area contributed by atoms with Crippen LogP contribution in [0.1, 0.15) is 5.69 Å². The highest BCUT2D eigenvalue weighted by Crippen LogP contribution is 2.34. The molecule has 1 aliphatic heterocycles. The van der Waals surface area contributed by atoms with Gasteiger partial charge in [0.2, 0.25) is 0 Å². The van der Waals surface area contributed by atoms with Crippen molar-refractivity contribution in [3.63, 3.8) is 0 Å². The van der Waals surface area contributed by atoms with Crippen molar-refractivity contribution in [1.82, 2.24) is 19.6 Å². The van der Waals surface area contributed by atoms with Crippen LogP contribution in [0.15, 0.2) is 48.5 Å². The molecule has 6 heteroatoms. The molecule has 0 bridgehead atoms. The fourth-order valence-corrected chi connectivity index (χ4v) is 4.83. The maximum absolute atomic E-state index is 5.32. The third-order valence-electron chi connectivity index (χ3n) is 5.20. The largest absolute Gasteiger partial charge is 0.497 e. The van der Waals surface area contributed by atoms with Gasteiger partial charge in [0.1, 0.15) is 5.75 Å². The fourth-order valence-electron chi connectivity index (χ4n) is 3.78. The lowest BCUT2D eigenvalue weighted by Gasteiger charge is -2.27. The van der Waals surface area contributed by atoms with Crippen LogP contribution in [0.2, 0.25) is 0 Å². The van der Waals surface area contributed by atoms with Gasteiger partial charge in [0, 0.05) is 38.3 Å². The Hall–Kier alpha value is -2.41. The van der Waals surface area contributed by atoms with Crippen molar-refractivity contribution < 1.29 is 4.74 Å². The molecule has 1 aliphatic rings. The van der Waals surface area contributed by atoms with Gasteiger partial charge in [-0.25, -0.2) is 4.98 Å². The molecule has 2 aromatic carbocycles. The monoisotopic (exact) mass is 378 g/mol. The minimum atomic E-state index is 0.869. The maximum atomic E-state index is 5.32. The number of nitrogens with zero attached hydrogens (tertiary/aromatic N) is 3. The number of nitrogens with one attached hydrogen (secondary N) is 1. The molecule has 1 saturated heterocycles. The van der Waals surface area contributed by atoms with E-state index in [1.165, 1.54) is 15.9 Å². The number of thiazole rings is 1. The van der Waals surface area contributed by atoms with Crippen LogP contribution >= 0.6 is 11.3 Å². The summed E-state index contributed by atoms with van der Waals surface area (Å²) in [5.74, 6) is 0.869. The Bertz CT molecular complexity index is 1080. The predicted octanol–water partition coefficient (Wildman–Crippen LogP) is 3.63. The van der Waals surface area contributed by atoms with Gasteiger partial charge in [0.25, 0.3) is 0 Å². The van der Waals surface area contributed by atoms with E-state index < -0.39 is 0 Å². The second-order valence-electron chi connectivity index (χ2n) is 6.85. The number of piperazine rings is 1. The van der Waals surface area contributed by atoms with Crippen LogP contribution in [0.4, 0.5) is 0 Å². The van der Waals surface area contributed by atoms with Gasteiger partial charge in [-0.3, -0.25) is 9.30 Å². The van der Waals surface area contributed by atoms with E-state index in [1.54, 1.807) is 18.4 Å². The number of imidazole rings is 1. The van der Waals surface area contributed by atoms with Crippen LogP contribution in [0, 0.1) is 0 Å². The van der Waals surface area contributed by atoms with Crippen molar-refractivity contribution in [1.29, 1.82) is 0 Å². The van der Waals surface area contributed by atoms with Crippen LogP contribution < -0.4 is 10.1 Å². The second kappa shape index (κ2) is 6.96. The average Bonchev–Trinajstić information content (AvgIpc) is 3.25. The molecule has 1 N–H and O–H groups in total. The van der Waals surface area contributed by atoms with E-state index in [9.17, 15) is 0 Å². The Morgan fingerprint density at radius 2 is 1.85 bits per heavy atom. The van der Waals surface area contributed by atoms with Crippen LogP contribution in [-0.4, -0.2) is 47.6 Å². The molecule has 5 rings (SSSR count). The number of methoxy groups -OCH3 is 1. The molecular weight excluding hydrogens is 356 g/mol. The number of fused-ring (bicyclic) bond motifs is 3. The fraction of sp³-hybridized carbons (Fsp3) is 0.286. The summed E-state index contributed by atoms with van der Waals surface area (Å²) < 4.78 is 8.95. The molecule has 138 valence electrons. The third kappa shape index (κ3) is 3.00. The highest BCUT2D eigenvalue weighted by atomic mass is 32.1. The lowest BCUT2D eigenvalue weighted by Crippen LogP contribution is -2.43. The SMILES string of the molecule is COc1ccc(-c2nc3sc4ccccc4n3c2CN2CCNCC2)cc1. The number of hydrogen-bond acceptors (Lipinski definition) is 5. The molecule has 0 spiro atoms. The number of aromatic nitrogens is 2. The summed E-state index contributed by atoms with van der Waals surface area (Å²) in [4.78, 5) is 8.61. The van der Waals surface area contributed by atoms with E-state index in [0.29, 0.717) is 0 Å². The first kappa shape index (κ1) is 16.7. The van der Waals surface area contributed by atoms with Gasteiger partial charge in [-0.05, 0) is 36.4 Å². The highest BCUT2D eigenvalue weighted by Gasteiger charge is 2.21. The highest BCUT2D eigenvalue weighted by molar-refractivity contribution is 7.23. The minimum Gasteiger partial charge on any atom is -0.497 e. The Labute approximate surface area is 162 Å². The predicted molar refractivity (Wildman–Crippen MR) is 111 cm³/mol. The zero-order valence-corrected chi connectivity index (χ0v) is 16.1. The van der Waals surface area contributed by atoms with Crippen molar-refractivity contribution in [3.05, 3.63) is 54.2 Å². The van der Waals surface area contributed by atoms with E-state index in [-0.39, 0.29) is 0 Å². The zero-order valence-electron chi connectivity index (χ0n) is 15.3. The first-order valence-corrected chi connectivity index (χ1v) is 10.1. The second-order valence-corrected chi connectivity index (χ2v) is 7.86. The van der Waals surface area contributed by atoms with E-state index >= 15 is 0 Å². The molecule has 0 unspecified atom stereocenters. The number of rotatable bonds is 4. The third-order valence-corrected chi connectivity index (χ3v) is 6.22. The topological polar surface area (TPSA) is 41.8 Å². The summed E-state index contributed by atoms with van der Waals surface area (Å²) in [6.45, 7) is 5.13. The standard InChI is InChI=1S/C21H22N4OS/c1-26-16-8-6-15(7-9-16)20-18(14-24-12-10-22-11-13-24)25-17-4-2-3-5-19(17)27-21(25)23-20/h2-9,22H,10-14H2,1H3. The molecule has 0 amide bonds. The molecule has 5 nitrogen and oxygen atoms in total. The van der Waals surface area contributed by atoms with Gasteiger partial charge < -0.3 is 10.1 Å². The summed E-state index contributed by atoms with van der Waals surface area (Å²) in [6.07, 6.45) is 0. The average molecular weight is 379 g/mol. The number of hydrogen-bond donors (Lipinski definition) is 1. The smallest absolute Gasteiger partial charge is 0.195 e. The van der Waals surface area contributed by atoms with Crippen molar-refractivity contribution in [2.75, 3.05) is 33.3 Å². The van der Waals surface area contributed by atoms with Gasteiger partial charge in [-0.15, -0.1) is 0 Å². The summed E-state index contributed by atoms with van der Waals surface area (Å²) in [5, 5.41) is 3.44. The van der Waals surface area contributed by atoms with Crippen LogP contribution in [-0.2, 0) is 6.54 Å². The van der Waals surface area contributed by atoms with Gasteiger partial charge in [-0.2, -0.15) is 0 Å². The first-order valence-electron chi connectivity index (χ1n) is 9.30. The molecule has 27 heavy (non-hydrogen) atoms. The van der Waals surface area contributed by atoms with E-state index in [2.05, 4.69) is 51.0 Å². The Balaban J connectivity index is 1.67. The van der Waals surface area contributed by atoms with Gasteiger partial charge in [0.15, 0.2) is 4.96 Å². The van der Waals surface area contributed by atoms with Crippen molar-refractivity contribution in [2.45, 2.75) is 6.54 Å². The molecule has 0 aliphatic carbocycles. The normalized spacial score (nSPS) is 15.6. The van der Waals surface area contributed by atoms with Crippen molar-refractivity contribution in [3.8, 4) is 17.0 Å². The van der Waals surface area contributed by atoms with Gasteiger partial charge >= 0.3 is 0 Å². The maximum Gasteiger partial charge on any atom is 0.195 e. The Morgan fingerprint density at radius 1 is 1.07 bits per heavy atom. The molecule has 0 radical (unpaired) electrons. The summed E-state index contributed by atoms with van der Waals surface area (Å²) in [5.41, 5.74) is 4.73. The van der Waals surface area contributed by atoms with E-state index in [0.717, 1.165) is 54.7 Å². The van der Waals surface area contributed by atoms with Gasteiger partial charge in [-0.1, -0.05) is 23.5 Å². The lowest BCUT2D eigenvalue weighted by atomic mass is 10.1. The molecular formula is C21H22N4OS. The minimum absolute atomic E-state index is 0.869. The molecule has 2 aromatic heterocycles. The summed E-state index contributed by atoms with van der Waals surface area (Å²) >= 11 is 1.76. The number of ether oxygens (including phenoxy) is 1. The zero-order chi connectivity index (χ0) is 18.2. The first-order chi connectivity index (χ1) is 13.3. The molecule has 4 aromatic rings. The van der Waals surface area contributed by atoms with Crippen LogP contribution in [0.25, 0.3) is 26.4 Å². The Kier molecular flexibility index (Phi) is 4.32. The van der Waals surface area contributed by atoms with Gasteiger partial charge in [0.05, 0.1) is 28.7 Å². The van der Waals surface area contributed by atoms with E-state index in [1.807, 2.05) is 12.1 Å². The van der Waals surface area contributed by atoms with Crippen LogP contribution in [0.3, 0.4) is 0 Å². The molecule has 0 saturated carbocycles.